The number of rotatable bonds is 6. The Morgan fingerprint density at radius 1 is 1.06 bits per heavy atom. The zero-order chi connectivity index (χ0) is 22.0. The van der Waals surface area contributed by atoms with Gasteiger partial charge in [0.25, 0.3) is 5.91 Å². The van der Waals surface area contributed by atoms with Crippen LogP contribution in [-0.4, -0.2) is 25.1 Å². The molecule has 0 spiro atoms. The fourth-order valence-electron chi connectivity index (χ4n) is 3.25. The van der Waals surface area contributed by atoms with E-state index in [0.29, 0.717) is 28.6 Å². The van der Waals surface area contributed by atoms with Gasteiger partial charge >= 0.3 is 0 Å². The van der Waals surface area contributed by atoms with E-state index in [4.69, 9.17) is 13.9 Å². The molecule has 0 unspecified atom stereocenters. The average Bonchev–Trinajstić information content (AvgIpc) is 3.23. The summed E-state index contributed by atoms with van der Waals surface area (Å²) in [6, 6.07) is 16.5. The zero-order valence-corrected chi connectivity index (χ0v) is 18.9. The van der Waals surface area contributed by atoms with Gasteiger partial charge in [0.15, 0.2) is 5.58 Å². The van der Waals surface area contributed by atoms with Crippen molar-refractivity contribution in [3.05, 3.63) is 70.2 Å². The van der Waals surface area contributed by atoms with E-state index in [1.54, 1.807) is 25.3 Å². The largest absolute Gasteiger partial charge is 0.497 e. The number of carbonyl (C=O) groups is 1. The van der Waals surface area contributed by atoms with Gasteiger partial charge in [-0.2, -0.15) is 0 Å². The number of hydrogen-bond acceptors (Lipinski definition) is 5. The van der Waals surface area contributed by atoms with Crippen LogP contribution in [0.5, 0.6) is 11.5 Å². The highest BCUT2D eigenvalue weighted by molar-refractivity contribution is 9.10. The van der Waals surface area contributed by atoms with Gasteiger partial charge in [0, 0.05) is 17.3 Å². The van der Waals surface area contributed by atoms with Crippen LogP contribution in [-0.2, 0) is 6.42 Å². The van der Waals surface area contributed by atoms with Crippen molar-refractivity contribution in [3.63, 3.8) is 0 Å². The van der Waals surface area contributed by atoms with E-state index in [-0.39, 0.29) is 5.91 Å². The Hall–Kier alpha value is -3.32. The van der Waals surface area contributed by atoms with E-state index in [0.717, 1.165) is 27.6 Å². The molecule has 4 rings (SSSR count). The molecular formula is C24H21BrN2O4. The average molecular weight is 481 g/mol. The number of nitrogens with one attached hydrogen (secondary N) is 1. The van der Waals surface area contributed by atoms with Crippen molar-refractivity contribution < 1.29 is 18.7 Å². The third-order valence-electron chi connectivity index (χ3n) is 4.96. The van der Waals surface area contributed by atoms with Crippen molar-refractivity contribution in [1.82, 2.24) is 4.98 Å². The van der Waals surface area contributed by atoms with Crippen molar-refractivity contribution in [3.8, 4) is 23.0 Å². The minimum atomic E-state index is -0.273. The maximum absolute atomic E-state index is 12.7. The van der Waals surface area contributed by atoms with Gasteiger partial charge in [-0.25, -0.2) is 4.98 Å². The number of benzene rings is 3. The summed E-state index contributed by atoms with van der Waals surface area (Å²) in [6.07, 6.45) is 0.921. The van der Waals surface area contributed by atoms with Gasteiger partial charge < -0.3 is 19.2 Å². The lowest BCUT2D eigenvalue weighted by Crippen LogP contribution is -2.13. The highest BCUT2D eigenvalue weighted by atomic mass is 79.9. The molecule has 7 heteroatoms. The standard InChI is InChI=1S/C24H21BrN2O4/c1-4-14-11-19(25)22-20(12-14)27-24(31-22)15-5-7-16(8-6-15)26-23(28)18-10-9-17(29-2)13-21(18)30-3/h5-13H,4H2,1-3H3,(H,26,28). The summed E-state index contributed by atoms with van der Waals surface area (Å²) in [6.45, 7) is 2.10. The summed E-state index contributed by atoms with van der Waals surface area (Å²) in [5.74, 6) is 1.31. The summed E-state index contributed by atoms with van der Waals surface area (Å²) in [7, 11) is 3.08. The fraction of sp³-hybridized carbons (Fsp3) is 0.167. The van der Waals surface area contributed by atoms with Gasteiger partial charge in [0.05, 0.1) is 24.3 Å². The Morgan fingerprint density at radius 3 is 2.52 bits per heavy atom. The molecule has 0 saturated heterocycles. The number of amides is 1. The van der Waals surface area contributed by atoms with Gasteiger partial charge in [-0.1, -0.05) is 6.92 Å². The molecule has 158 valence electrons. The van der Waals surface area contributed by atoms with E-state index >= 15 is 0 Å². The summed E-state index contributed by atoms with van der Waals surface area (Å²) in [4.78, 5) is 17.3. The number of aryl methyl sites for hydroxylation is 1. The van der Waals surface area contributed by atoms with E-state index in [1.165, 1.54) is 12.7 Å². The van der Waals surface area contributed by atoms with Crippen LogP contribution >= 0.6 is 15.9 Å². The summed E-state index contributed by atoms with van der Waals surface area (Å²) in [5, 5.41) is 2.88. The molecule has 1 amide bonds. The molecule has 0 aliphatic carbocycles. The lowest BCUT2D eigenvalue weighted by atomic mass is 10.1. The first-order valence-corrected chi connectivity index (χ1v) is 10.5. The molecule has 0 bridgehead atoms. The number of carbonyl (C=O) groups excluding carboxylic acids is 1. The molecule has 0 fully saturated rings. The van der Waals surface area contributed by atoms with E-state index in [2.05, 4.69) is 33.2 Å². The lowest BCUT2D eigenvalue weighted by molar-refractivity contribution is 0.102. The Morgan fingerprint density at radius 2 is 1.84 bits per heavy atom. The van der Waals surface area contributed by atoms with Crippen LogP contribution in [0.2, 0.25) is 0 Å². The van der Waals surface area contributed by atoms with Gasteiger partial charge in [-0.3, -0.25) is 4.79 Å². The first-order valence-electron chi connectivity index (χ1n) is 9.75. The van der Waals surface area contributed by atoms with Crippen LogP contribution < -0.4 is 14.8 Å². The summed E-state index contributed by atoms with van der Waals surface area (Å²) < 4.78 is 17.3. The monoisotopic (exact) mass is 480 g/mol. The lowest BCUT2D eigenvalue weighted by Gasteiger charge is -2.11. The number of halogens is 1. The second kappa shape index (κ2) is 8.81. The smallest absolute Gasteiger partial charge is 0.259 e. The van der Waals surface area contributed by atoms with Gasteiger partial charge in [0.1, 0.15) is 17.0 Å². The van der Waals surface area contributed by atoms with Gasteiger partial charge in [-0.15, -0.1) is 0 Å². The Bertz CT molecular complexity index is 1250. The molecule has 4 aromatic rings. The Kier molecular flexibility index (Phi) is 5.95. The number of fused-ring (bicyclic) bond motifs is 1. The Labute approximate surface area is 188 Å². The number of hydrogen-bond donors (Lipinski definition) is 1. The maximum atomic E-state index is 12.7. The third kappa shape index (κ3) is 4.27. The Balaban J connectivity index is 1.55. The second-order valence-electron chi connectivity index (χ2n) is 6.90. The van der Waals surface area contributed by atoms with Crippen LogP contribution in [0.4, 0.5) is 5.69 Å². The molecule has 1 heterocycles. The molecule has 3 aromatic carbocycles. The molecule has 0 aliphatic heterocycles. The number of ether oxygens (including phenoxy) is 2. The van der Waals surface area contributed by atoms with Crippen molar-refractivity contribution in [1.29, 1.82) is 0 Å². The minimum Gasteiger partial charge on any atom is -0.497 e. The third-order valence-corrected chi connectivity index (χ3v) is 5.54. The van der Waals surface area contributed by atoms with Crippen LogP contribution in [0.3, 0.4) is 0 Å². The zero-order valence-electron chi connectivity index (χ0n) is 17.4. The number of oxazole rings is 1. The predicted molar refractivity (Wildman–Crippen MR) is 124 cm³/mol. The van der Waals surface area contributed by atoms with Gasteiger partial charge in [0.2, 0.25) is 5.89 Å². The quantitative estimate of drug-likeness (QED) is 0.361. The molecule has 0 saturated carbocycles. The molecule has 31 heavy (non-hydrogen) atoms. The topological polar surface area (TPSA) is 73.6 Å². The number of methoxy groups -OCH3 is 2. The van der Waals surface area contributed by atoms with Crippen molar-refractivity contribution in [2.45, 2.75) is 13.3 Å². The van der Waals surface area contributed by atoms with Crippen LogP contribution in [0.15, 0.2) is 63.5 Å². The normalized spacial score (nSPS) is 10.8. The van der Waals surface area contributed by atoms with E-state index < -0.39 is 0 Å². The number of nitrogens with zero attached hydrogens (tertiary/aromatic N) is 1. The maximum Gasteiger partial charge on any atom is 0.259 e. The summed E-state index contributed by atoms with van der Waals surface area (Å²) >= 11 is 3.56. The number of aromatic nitrogens is 1. The molecule has 0 atom stereocenters. The molecule has 1 N–H and O–H groups in total. The molecule has 0 radical (unpaired) electrons. The molecule has 6 nitrogen and oxygen atoms in total. The van der Waals surface area contributed by atoms with Crippen LogP contribution in [0.1, 0.15) is 22.8 Å². The van der Waals surface area contributed by atoms with Crippen molar-refractivity contribution >= 4 is 38.6 Å². The van der Waals surface area contributed by atoms with Crippen LogP contribution in [0, 0.1) is 0 Å². The fourth-order valence-corrected chi connectivity index (χ4v) is 3.83. The van der Waals surface area contributed by atoms with Gasteiger partial charge in [-0.05, 0) is 76.4 Å². The van der Waals surface area contributed by atoms with Crippen molar-refractivity contribution in [2.75, 3.05) is 19.5 Å². The number of anilines is 1. The molecular weight excluding hydrogens is 460 g/mol. The molecule has 0 aliphatic rings. The van der Waals surface area contributed by atoms with Crippen LogP contribution in [0.25, 0.3) is 22.6 Å². The highest BCUT2D eigenvalue weighted by Crippen LogP contribution is 2.31. The highest BCUT2D eigenvalue weighted by Gasteiger charge is 2.15. The first-order chi connectivity index (χ1) is 15.0. The first kappa shape index (κ1) is 20.9. The van der Waals surface area contributed by atoms with E-state index in [9.17, 15) is 4.79 Å². The molecule has 1 aromatic heterocycles. The predicted octanol–water partition coefficient (Wildman–Crippen LogP) is 6.09. The van der Waals surface area contributed by atoms with E-state index in [1.807, 2.05) is 36.4 Å². The SMILES string of the molecule is CCc1cc(Br)c2oc(-c3ccc(NC(=O)c4ccc(OC)cc4OC)cc3)nc2c1. The summed E-state index contributed by atoms with van der Waals surface area (Å²) in [5.41, 5.74) is 4.61. The minimum absolute atomic E-state index is 0.273. The van der Waals surface area contributed by atoms with Crippen molar-refractivity contribution in [2.24, 2.45) is 0 Å². The second-order valence-corrected chi connectivity index (χ2v) is 7.75.